The van der Waals surface area contributed by atoms with Crippen LogP contribution in [0.2, 0.25) is 0 Å². The van der Waals surface area contributed by atoms with E-state index >= 15 is 0 Å². The number of aryl methyl sites for hydroxylation is 1. The van der Waals surface area contributed by atoms with Crippen molar-refractivity contribution in [2.45, 2.75) is 52.7 Å². The van der Waals surface area contributed by atoms with Gasteiger partial charge in [-0.1, -0.05) is 26.7 Å². The highest BCUT2D eigenvalue weighted by atomic mass is 16.5. The predicted molar refractivity (Wildman–Crippen MR) is 133 cm³/mol. The molecule has 0 aliphatic carbocycles. The number of carbonyl (C=O) groups excluding carboxylic acids is 1. The van der Waals surface area contributed by atoms with E-state index in [1.54, 1.807) is 12.1 Å². The lowest BCUT2D eigenvalue weighted by molar-refractivity contribution is -0.651. The SMILES string of the molecule is CCCCN(CCCC)c1cc(CO)c(C=Cc2oc3cc(OC=O)ccc3[n+]2C)c(CO)c1. The maximum Gasteiger partial charge on any atom is 0.373 e. The Bertz CT molecular complexity index is 1100. The quantitative estimate of drug-likeness (QED) is 0.287. The third-order valence-electron chi connectivity index (χ3n) is 6.02. The van der Waals surface area contributed by atoms with Crippen LogP contribution in [0.5, 0.6) is 5.75 Å². The predicted octanol–water partition coefficient (Wildman–Crippen LogP) is 4.35. The topological polar surface area (TPSA) is 87.0 Å². The molecule has 0 saturated carbocycles. The number of aromatic nitrogens is 1. The van der Waals surface area contributed by atoms with Gasteiger partial charge in [-0.05, 0) is 53.8 Å². The van der Waals surface area contributed by atoms with E-state index in [1.807, 2.05) is 42.0 Å². The summed E-state index contributed by atoms with van der Waals surface area (Å²) in [7, 11) is 1.88. The minimum Gasteiger partial charge on any atom is -0.429 e. The molecule has 3 aromatic rings. The molecular formula is C27H35N2O5+. The first-order valence-electron chi connectivity index (χ1n) is 11.9. The molecule has 7 nitrogen and oxygen atoms in total. The van der Waals surface area contributed by atoms with Gasteiger partial charge in [0.2, 0.25) is 5.58 Å². The maximum atomic E-state index is 10.6. The number of oxazole rings is 1. The Morgan fingerprint density at radius 3 is 2.21 bits per heavy atom. The second-order valence-corrected chi connectivity index (χ2v) is 8.36. The fourth-order valence-electron chi connectivity index (χ4n) is 4.07. The Balaban J connectivity index is 1.97. The molecule has 0 unspecified atom stereocenters. The van der Waals surface area contributed by atoms with E-state index in [1.165, 1.54) is 0 Å². The lowest BCUT2D eigenvalue weighted by atomic mass is 9.99. The lowest BCUT2D eigenvalue weighted by Gasteiger charge is -2.26. The second kappa shape index (κ2) is 12.3. The van der Waals surface area contributed by atoms with E-state index in [9.17, 15) is 15.0 Å². The zero-order valence-corrected chi connectivity index (χ0v) is 20.3. The molecule has 0 fully saturated rings. The van der Waals surface area contributed by atoms with Crippen molar-refractivity contribution in [1.82, 2.24) is 0 Å². The molecule has 2 aromatic carbocycles. The summed E-state index contributed by atoms with van der Waals surface area (Å²) in [6, 6.07) is 9.23. The molecule has 1 aromatic heterocycles. The van der Waals surface area contributed by atoms with Gasteiger partial charge in [-0.25, -0.2) is 0 Å². The molecule has 3 rings (SSSR count). The van der Waals surface area contributed by atoms with E-state index in [4.69, 9.17) is 9.15 Å². The number of benzene rings is 2. The highest BCUT2D eigenvalue weighted by Gasteiger charge is 2.18. The maximum absolute atomic E-state index is 10.6. The van der Waals surface area contributed by atoms with Crippen molar-refractivity contribution in [3.8, 4) is 5.75 Å². The van der Waals surface area contributed by atoms with Gasteiger partial charge >= 0.3 is 5.89 Å². The molecule has 0 aliphatic heterocycles. The number of rotatable bonds is 13. The van der Waals surface area contributed by atoms with E-state index in [2.05, 4.69) is 18.7 Å². The smallest absolute Gasteiger partial charge is 0.373 e. The number of nitrogens with zero attached hydrogens (tertiary/aromatic N) is 2. The summed E-state index contributed by atoms with van der Waals surface area (Å²) in [6.07, 6.45) is 8.09. The van der Waals surface area contributed by atoms with E-state index < -0.39 is 0 Å². The van der Waals surface area contributed by atoms with Crippen LogP contribution in [0.3, 0.4) is 0 Å². The molecule has 0 spiro atoms. The van der Waals surface area contributed by atoms with Gasteiger partial charge < -0.3 is 24.3 Å². The zero-order valence-electron chi connectivity index (χ0n) is 20.3. The summed E-state index contributed by atoms with van der Waals surface area (Å²) in [5.41, 5.74) is 4.77. The van der Waals surface area contributed by atoms with Crippen LogP contribution in [-0.2, 0) is 25.1 Å². The van der Waals surface area contributed by atoms with Gasteiger partial charge in [0.25, 0.3) is 12.0 Å². The average molecular weight is 468 g/mol. The van der Waals surface area contributed by atoms with Crippen LogP contribution in [0.15, 0.2) is 34.7 Å². The van der Waals surface area contributed by atoms with Crippen molar-refractivity contribution < 1.29 is 28.7 Å². The van der Waals surface area contributed by atoms with Gasteiger partial charge in [0.1, 0.15) is 12.8 Å². The molecule has 34 heavy (non-hydrogen) atoms. The van der Waals surface area contributed by atoms with Gasteiger partial charge in [0, 0.05) is 30.9 Å². The number of aliphatic hydroxyl groups excluding tert-OH is 2. The largest absolute Gasteiger partial charge is 0.429 e. The molecule has 0 bridgehead atoms. The Morgan fingerprint density at radius 1 is 1.00 bits per heavy atom. The minimum atomic E-state index is -0.130. The summed E-state index contributed by atoms with van der Waals surface area (Å²) < 4.78 is 12.7. The summed E-state index contributed by atoms with van der Waals surface area (Å²) in [4.78, 5) is 13.0. The van der Waals surface area contributed by atoms with Crippen LogP contribution < -0.4 is 14.2 Å². The summed E-state index contributed by atoms with van der Waals surface area (Å²) in [5, 5.41) is 20.3. The fraction of sp³-hybridized carbons (Fsp3) is 0.407. The number of hydrogen-bond donors (Lipinski definition) is 2. The number of carbonyl (C=O) groups is 1. The third-order valence-corrected chi connectivity index (χ3v) is 6.02. The minimum absolute atomic E-state index is 0.130. The molecule has 0 saturated heterocycles. The molecule has 2 N–H and O–H groups in total. The molecular weight excluding hydrogens is 432 g/mol. The Kier molecular flexibility index (Phi) is 9.24. The number of fused-ring (bicyclic) bond motifs is 1. The van der Waals surface area contributed by atoms with Crippen molar-refractivity contribution in [3.05, 3.63) is 52.9 Å². The number of hydrogen-bond acceptors (Lipinski definition) is 6. The fourth-order valence-corrected chi connectivity index (χ4v) is 4.07. The number of aliphatic hydroxyl groups is 2. The molecule has 1 heterocycles. The van der Waals surface area contributed by atoms with Crippen LogP contribution in [0, 0.1) is 0 Å². The van der Waals surface area contributed by atoms with Crippen LogP contribution in [0.4, 0.5) is 5.69 Å². The number of anilines is 1. The van der Waals surface area contributed by atoms with Gasteiger partial charge in [-0.3, -0.25) is 4.79 Å². The highest BCUT2D eigenvalue weighted by molar-refractivity contribution is 5.76. The van der Waals surface area contributed by atoms with Crippen LogP contribution in [0.1, 0.15) is 62.1 Å². The van der Waals surface area contributed by atoms with Gasteiger partial charge in [0.15, 0.2) is 0 Å². The van der Waals surface area contributed by atoms with Crippen LogP contribution >= 0.6 is 0 Å². The van der Waals surface area contributed by atoms with Crippen molar-refractivity contribution in [2.24, 2.45) is 7.05 Å². The molecule has 7 heteroatoms. The van der Waals surface area contributed by atoms with Crippen molar-refractivity contribution in [3.63, 3.8) is 0 Å². The first-order valence-corrected chi connectivity index (χ1v) is 11.9. The van der Waals surface area contributed by atoms with Crippen LogP contribution in [0.25, 0.3) is 23.3 Å². The Morgan fingerprint density at radius 2 is 1.65 bits per heavy atom. The zero-order chi connectivity index (χ0) is 24.5. The Hall–Kier alpha value is -3.16. The average Bonchev–Trinajstić information content (AvgIpc) is 3.17. The summed E-state index contributed by atoms with van der Waals surface area (Å²) in [5.74, 6) is 0.992. The van der Waals surface area contributed by atoms with Crippen molar-refractivity contribution >= 4 is 35.4 Å². The first-order chi connectivity index (χ1) is 16.6. The molecule has 0 aliphatic rings. The highest BCUT2D eigenvalue weighted by Crippen LogP contribution is 2.28. The van der Waals surface area contributed by atoms with Crippen LogP contribution in [-0.4, -0.2) is 29.8 Å². The lowest BCUT2D eigenvalue weighted by Crippen LogP contribution is -2.29. The van der Waals surface area contributed by atoms with Crippen molar-refractivity contribution in [1.29, 1.82) is 0 Å². The molecule has 0 atom stereocenters. The first kappa shape index (κ1) is 25.5. The third kappa shape index (κ3) is 5.85. The van der Waals surface area contributed by atoms with Gasteiger partial charge in [-0.15, -0.1) is 0 Å². The monoisotopic (exact) mass is 467 g/mol. The Labute approximate surface area is 200 Å². The number of ether oxygens (including phenoxy) is 1. The van der Waals surface area contributed by atoms with Gasteiger partial charge in [-0.2, -0.15) is 4.57 Å². The van der Waals surface area contributed by atoms with E-state index in [0.29, 0.717) is 23.7 Å². The molecule has 0 amide bonds. The second-order valence-electron chi connectivity index (χ2n) is 8.36. The normalized spacial score (nSPS) is 11.4. The standard InChI is InChI=1S/C27H35N2O5/c1-4-6-12-29(13-7-5-2)22-14-20(17-30)24(21(15-22)18-31)9-11-27-28(3)25-10-8-23(33-19-32)16-26(25)34-27/h8-11,14-16,19,30-31H,4-7,12-13,17-18H2,1-3H3/q+1. The van der Waals surface area contributed by atoms with Gasteiger partial charge in [0.05, 0.1) is 19.3 Å². The van der Waals surface area contributed by atoms with E-state index in [0.717, 1.165) is 66.7 Å². The summed E-state index contributed by atoms with van der Waals surface area (Å²) in [6.45, 7) is 6.38. The van der Waals surface area contributed by atoms with E-state index in [-0.39, 0.29) is 13.2 Å². The molecule has 182 valence electrons. The summed E-state index contributed by atoms with van der Waals surface area (Å²) >= 11 is 0. The molecule has 0 radical (unpaired) electrons. The van der Waals surface area contributed by atoms with Crippen molar-refractivity contribution in [2.75, 3.05) is 18.0 Å². The number of unbranched alkanes of at least 4 members (excludes halogenated alkanes) is 2.